The van der Waals surface area contributed by atoms with Crippen LogP contribution in [-0.2, 0) is 24.3 Å². The summed E-state index contributed by atoms with van der Waals surface area (Å²) in [7, 11) is 0. The Morgan fingerprint density at radius 2 is 2.12 bits per heavy atom. The molecule has 0 spiro atoms. The van der Waals surface area contributed by atoms with Crippen molar-refractivity contribution in [3.63, 3.8) is 0 Å². The van der Waals surface area contributed by atoms with Crippen molar-refractivity contribution >= 4 is 22.5 Å². The number of aromatic nitrogens is 4. The summed E-state index contributed by atoms with van der Waals surface area (Å²) in [6.45, 7) is 3.64. The van der Waals surface area contributed by atoms with Crippen molar-refractivity contribution < 1.29 is 4.79 Å². The molecule has 4 aromatic rings. The molecule has 0 fully saturated rings. The van der Waals surface area contributed by atoms with E-state index in [0.29, 0.717) is 19.6 Å². The van der Waals surface area contributed by atoms with Gasteiger partial charge in [-0.3, -0.25) is 4.79 Å². The molecule has 26 heavy (non-hydrogen) atoms. The summed E-state index contributed by atoms with van der Waals surface area (Å²) >= 11 is 0. The molecule has 5 rings (SSSR count). The Bertz CT molecular complexity index is 1140. The van der Waals surface area contributed by atoms with E-state index < -0.39 is 0 Å². The van der Waals surface area contributed by atoms with Crippen LogP contribution in [0, 0.1) is 6.92 Å². The first kappa shape index (κ1) is 15.1. The number of amides is 1. The number of para-hydroxylation sites is 1. The van der Waals surface area contributed by atoms with Crippen LogP contribution in [0.5, 0.6) is 0 Å². The SMILES string of the molecule is Cc1cc2ncc3c(n2n1)CCN(C(=O)Cn1ccc2ccccc21)C3. The van der Waals surface area contributed by atoms with Crippen LogP contribution in [0.15, 0.2) is 48.8 Å². The maximum atomic E-state index is 12.8. The quantitative estimate of drug-likeness (QED) is 0.561. The Morgan fingerprint density at radius 1 is 1.23 bits per heavy atom. The molecule has 0 saturated carbocycles. The largest absolute Gasteiger partial charge is 0.338 e. The number of fused-ring (bicyclic) bond motifs is 4. The van der Waals surface area contributed by atoms with Gasteiger partial charge in [-0.15, -0.1) is 0 Å². The maximum Gasteiger partial charge on any atom is 0.242 e. The van der Waals surface area contributed by atoms with Gasteiger partial charge in [0.15, 0.2) is 5.65 Å². The van der Waals surface area contributed by atoms with Crippen molar-refractivity contribution in [1.29, 1.82) is 0 Å². The fourth-order valence-corrected chi connectivity index (χ4v) is 3.79. The molecule has 1 aromatic carbocycles. The van der Waals surface area contributed by atoms with Gasteiger partial charge < -0.3 is 9.47 Å². The van der Waals surface area contributed by atoms with Crippen molar-refractivity contribution in [3.8, 4) is 0 Å². The normalized spacial score (nSPS) is 14.1. The number of hydrogen-bond donors (Lipinski definition) is 0. The molecular formula is C20H19N5O. The summed E-state index contributed by atoms with van der Waals surface area (Å²) in [5.41, 5.74) is 5.17. The topological polar surface area (TPSA) is 55.4 Å². The van der Waals surface area contributed by atoms with Crippen LogP contribution in [-0.4, -0.2) is 36.5 Å². The summed E-state index contributed by atoms with van der Waals surface area (Å²) in [6.07, 6.45) is 4.67. The van der Waals surface area contributed by atoms with Gasteiger partial charge in [0.25, 0.3) is 0 Å². The molecule has 1 amide bonds. The zero-order valence-corrected chi connectivity index (χ0v) is 14.6. The first-order chi connectivity index (χ1) is 12.7. The van der Waals surface area contributed by atoms with E-state index in [1.165, 1.54) is 5.69 Å². The van der Waals surface area contributed by atoms with Crippen molar-refractivity contribution in [2.75, 3.05) is 6.54 Å². The van der Waals surface area contributed by atoms with Gasteiger partial charge in [-0.25, -0.2) is 9.50 Å². The average molecular weight is 345 g/mol. The second kappa shape index (κ2) is 5.69. The Balaban J connectivity index is 1.40. The van der Waals surface area contributed by atoms with Crippen LogP contribution in [0.2, 0.25) is 0 Å². The molecular weight excluding hydrogens is 326 g/mol. The van der Waals surface area contributed by atoms with E-state index in [9.17, 15) is 4.79 Å². The molecule has 130 valence electrons. The zero-order valence-electron chi connectivity index (χ0n) is 14.6. The minimum absolute atomic E-state index is 0.133. The lowest BCUT2D eigenvalue weighted by molar-refractivity contribution is -0.132. The third-order valence-electron chi connectivity index (χ3n) is 5.11. The first-order valence-corrected chi connectivity index (χ1v) is 8.84. The summed E-state index contributed by atoms with van der Waals surface area (Å²) < 4.78 is 3.94. The summed E-state index contributed by atoms with van der Waals surface area (Å²) in [5.74, 6) is 0.133. The highest BCUT2D eigenvalue weighted by atomic mass is 16.2. The number of aryl methyl sites for hydroxylation is 1. The lowest BCUT2D eigenvalue weighted by Gasteiger charge is -2.29. The molecule has 0 saturated heterocycles. The van der Waals surface area contributed by atoms with Gasteiger partial charge in [-0.05, 0) is 24.4 Å². The third kappa shape index (κ3) is 2.37. The standard InChI is InChI=1S/C20H19N5O/c1-14-10-19-21-11-16-12-24(9-7-18(16)25(19)22-14)20(26)13-23-8-6-15-4-2-3-5-17(15)23/h2-6,8,10-11H,7,9,12-13H2,1H3. The second-order valence-corrected chi connectivity index (χ2v) is 6.85. The Morgan fingerprint density at radius 3 is 3.04 bits per heavy atom. The third-order valence-corrected chi connectivity index (χ3v) is 5.11. The Labute approximate surface area is 150 Å². The fraction of sp³-hybridized carbons (Fsp3) is 0.250. The summed E-state index contributed by atoms with van der Waals surface area (Å²) in [5, 5.41) is 5.70. The molecule has 1 aliphatic heterocycles. The maximum absolute atomic E-state index is 12.8. The lowest BCUT2D eigenvalue weighted by atomic mass is 10.1. The zero-order chi connectivity index (χ0) is 17.7. The molecule has 0 radical (unpaired) electrons. The number of hydrogen-bond acceptors (Lipinski definition) is 3. The van der Waals surface area contributed by atoms with Crippen LogP contribution >= 0.6 is 0 Å². The number of benzene rings is 1. The van der Waals surface area contributed by atoms with E-state index >= 15 is 0 Å². The fourth-order valence-electron chi connectivity index (χ4n) is 3.79. The number of carbonyl (C=O) groups excluding carboxylic acids is 1. The van der Waals surface area contributed by atoms with Gasteiger partial charge in [0.05, 0.1) is 11.4 Å². The van der Waals surface area contributed by atoms with Crippen molar-refractivity contribution in [2.24, 2.45) is 0 Å². The molecule has 0 N–H and O–H groups in total. The molecule has 6 nitrogen and oxygen atoms in total. The smallest absolute Gasteiger partial charge is 0.242 e. The molecule has 0 unspecified atom stereocenters. The number of carbonyl (C=O) groups is 1. The van der Waals surface area contributed by atoms with Gasteiger partial charge in [-0.2, -0.15) is 5.10 Å². The van der Waals surface area contributed by atoms with E-state index in [4.69, 9.17) is 0 Å². The van der Waals surface area contributed by atoms with E-state index in [1.807, 2.05) is 51.5 Å². The minimum atomic E-state index is 0.133. The first-order valence-electron chi connectivity index (χ1n) is 8.84. The van der Waals surface area contributed by atoms with E-state index in [-0.39, 0.29) is 5.91 Å². The molecule has 4 heterocycles. The molecule has 6 heteroatoms. The van der Waals surface area contributed by atoms with Gasteiger partial charge in [-0.1, -0.05) is 18.2 Å². The number of nitrogens with zero attached hydrogens (tertiary/aromatic N) is 5. The molecule has 1 aliphatic rings. The average Bonchev–Trinajstić information content (AvgIpc) is 3.24. The van der Waals surface area contributed by atoms with Crippen LogP contribution < -0.4 is 0 Å². The van der Waals surface area contributed by atoms with Crippen LogP contribution in [0.3, 0.4) is 0 Å². The molecule has 0 bridgehead atoms. The van der Waals surface area contributed by atoms with Crippen molar-refractivity contribution in [2.45, 2.75) is 26.4 Å². The van der Waals surface area contributed by atoms with Gasteiger partial charge in [0.1, 0.15) is 6.54 Å². The Kier molecular flexibility index (Phi) is 3.31. The van der Waals surface area contributed by atoms with Crippen LogP contribution in [0.1, 0.15) is 17.0 Å². The molecule has 0 aliphatic carbocycles. The van der Waals surface area contributed by atoms with E-state index in [0.717, 1.165) is 34.2 Å². The highest BCUT2D eigenvalue weighted by molar-refractivity contribution is 5.83. The van der Waals surface area contributed by atoms with Crippen LogP contribution in [0.25, 0.3) is 16.6 Å². The number of rotatable bonds is 2. The van der Waals surface area contributed by atoms with Gasteiger partial charge in [0.2, 0.25) is 5.91 Å². The lowest BCUT2D eigenvalue weighted by Crippen LogP contribution is -2.38. The van der Waals surface area contributed by atoms with Gasteiger partial charge >= 0.3 is 0 Å². The van der Waals surface area contributed by atoms with Crippen molar-refractivity contribution in [3.05, 3.63) is 65.7 Å². The molecule has 0 atom stereocenters. The predicted octanol–water partition coefficient (Wildman–Crippen LogP) is 2.58. The Hall–Kier alpha value is -3.15. The monoisotopic (exact) mass is 345 g/mol. The highest BCUT2D eigenvalue weighted by Gasteiger charge is 2.23. The van der Waals surface area contributed by atoms with Crippen LogP contribution in [0.4, 0.5) is 0 Å². The summed E-state index contributed by atoms with van der Waals surface area (Å²) in [6, 6.07) is 12.2. The highest BCUT2D eigenvalue weighted by Crippen LogP contribution is 2.21. The minimum Gasteiger partial charge on any atom is -0.338 e. The second-order valence-electron chi connectivity index (χ2n) is 6.85. The predicted molar refractivity (Wildman–Crippen MR) is 98.8 cm³/mol. The van der Waals surface area contributed by atoms with Crippen molar-refractivity contribution in [1.82, 2.24) is 24.1 Å². The van der Waals surface area contributed by atoms with E-state index in [1.54, 1.807) is 0 Å². The summed E-state index contributed by atoms with van der Waals surface area (Å²) in [4.78, 5) is 19.2. The molecule has 3 aromatic heterocycles. The van der Waals surface area contributed by atoms with E-state index in [2.05, 4.69) is 28.3 Å². The van der Waals surface area contributed by atoms with Gasteiger partial charge in [0, 0.05) is 49.1 Å².